The van der Waals surface area contributed by atoms with E-state index in [1.807, 2.05) is 13.8 Å². The van der Waals surface area contributed by atoms with Crippen LogP contribution < -0.4 is 9.84 Å². The summed E-state index contributed by atoms with van der Waals surface area (Å²) in [5.74, 6) is 0.816. The van der Waals surface area contributed by atoms with Gasteiger partial charge in [0.15, 0.2) is 0 Å². The molecule has 1 N–H and O–H groups in total. The predicted octanol–water partition coefficient (Wildman–Crippen LogP) is 2.97. The van der Waals surface area contributed by atoms with E-state index in [4.69, 9.17) is 25.4 Å². The van der Waals surface area contributed by atoms with Crippen LogP contribution >= 0.6 is 6.72 Å². The summed E-state index contributed by atoms with van der Waals surface area (Å²) in [4.78, 5) is 11.8. The smallest absolute Gasteiger partial charge is 0.380 e. The zero-order valence-electron chi connectivity index (χ0n) is 12.1. The van der Waals surface area contributed by atoms with Crippen molar-refractivity contribution in [1.82, 2.24) is 5.32 Å². The quantitative estimate of drug-likeness (QED) is 0.784. The fourth-order valence-electron chi connectivity index (χ4n) is 1.34. The topological polar surface area (TPSA) is 56.8 Å². The van der Waals surface area contributed by atoms with Crippen LogP contribution in [0.5, 0.6) is 5.75 Å². The van der Waals surface area contributed by atoms with E-state index in [0.717, 1.165) is 0 Å². The van der Waals surface area contributed by atoms with Gasteiger partial charge >= 0.3 is 6.72 Å². The first-order chi connectivity index (χ1) is 9.40. The van der Waals surface area contributed by atoms with Crippen LogP contribution in [0.25, 0.3) is 0 Å². The first-order valence-corrected chi connectivity index (χ1v) is 8.75. The van der Waals surface area contributed by atoms with Gasteiger partial charge in [-0.05, 0) is 30.2 Å². The van der Waals surface area contributed by atoms with Gasteiger partial charge in [-0.3, -0.25) is 4.79 Å². The molecule has 0 fully saturated rings. The average Bonchev–Trinajstić information content (AvgIpc) is 2.45. The molecule has 0 atom stereocenters. The van der Waals surface area contributed by atoms with Gasteiger partial charge in [0.2, 0.25) is 0 Å². The van der Waals surface area contributed by atoms with E-state index in [-0.39, 0.29) is 5.91 Å². The van der Waals surface area contributed by atoms with Gasteiger partial charge in [-0.1, -0.05) is 13.8 Å². The van der Waals surface area contributed by atoms with Crippen molar-refractivity contribution in [2.45, 2.75) is 13.8 Å². The summed E-state index contributed by atoms with van der Waals surface area (Å²) in [7, 11) is 2.88. The first kappa shape index (κ1) is 17.1. The van der Waals surface area contributed by atoms with Crippen molar-refractivity contribution in [3.05, 3.63) is 29.8 Å². The number of carbonyl (C=O) groups is 1. The standard InChI is InChI=1S/C13H20NO4PS/c1-10(2)9-14-13(15)11-5-7-12(8-6-11)18-19(20,16-3)17-4/h5-8,10H,9H2,1-4H3,(H,14,15). The fourth-order valence-corrected chi connectivity index (χ4v) is 2.28. The van der Waals surface area contributed by atoms with Crippen molar-refractivity contribution in [2.24, 2.45) is 5.92 Å². The predicted molar refractivity (Wildman–Crippen MR) is 82.5 cm³/mol. The third-order valence-corrected chi connectivity index (χ3v) is 4.90. The highest BCUT2D eigenvalue weighted by Crippen LogP contribution is 2.48. The lowest BCUT2D eigenvalue weighted by Gasteiger charge is -2.18. The van der Waals surface area contributed by atoms with Crippen LogP contribution in [0.1, 0.15) is 24.2 Å². The van der Waals surface area contributed by atoms with Gasteiger partial charge in [0, 0.05) is 38.1 Å². The lowest BCUT2D eigenvalue weighted by atomic mass is 10.2. The highest BCUT2D eigenvalue weighted by molar-refractivity contribution is 8.07. The Hall–Kier alpha value is -0.940. The van der Waals surface area contributed by atoms with Crippen molar-refractivity contribution >= 4 is 24.4 Å². The van der Waals surface area contributed by atoms with E-state index in [2.05, 4.69) is 5.32 Å². The lowest BCUT2D eigenvalue weighted by Crippen LogP contribution is -2.27. The second-order valence-corrected chi connectivity index (χ2v) is 7.68. The van der Waals surface area contributed by atoms with E-state index in [1.54, 1.807) is 24.3 Å². The normalized spacial score (nSPS) is 11.4. The summed E-state index contributed by atoms with van der Waals surface area (Å²) in [6.07, 6.45) is 0. The summed E-state index contributed by atoms with van der Waals surface area (Å²) in [6, 6.07) is 6.69. The van der Waals surface area contributed by atoms with Gasteiger partial charge < -0.3 is 18.9 Å². The number of benzene rings is 1. The third kappa shape index (κ3) is 5.21. The Morgan fingerprint density at radius 1 is 1.25 bits per heavy atom. The minimum Gasteiger partial charge on any atom is -0.424 e. The minimum atomic E-state index is -2.73. The zero-order valence-corrected chi connectivity index (χ0v) is 13.8. The minimum absolute atomic E-state index is 0.108. The highest BCUT2D eigenvalue weighted by Gasteiger charge is 2.18. The van der Waals surface area contributed by atoms with Crippen LogP contribution in [0.4, 0.5) is 0 Å². The Balaban J connectivity index is 2.69. The Kier molecular flexibility index (Phi) is 6.62. The van der Waals surface area contributed by atoms with Gasteiger partial charge in [0.25, 0.3) is 5.91 Å². The maximum absolute atomic E-state index is 11.8. The van der Waals surface area contributed by atoms with Crippen LogP contribution in [0.3, 0.4) is 0 Å². The molecule has 1 aromatic carbocycles. The molecule has 1 amide bonds. The van der Waals surface area contributed by atoms with E-state index in [9.17, 15) is 4.79 Å². The number of hydrogen-bond acceptors (Lipinski definition) is 5. The molecule has 1 rings (SSSR count). The second kappa shape index (κ2) is 7.74. The van der Waals surface area contributed by atoms with E-state index < -0.39 is 6.72 Å². The molecule has 0 spiro atoms. The molecule has 0 saturated heterocycles. The van der Waals surface area contributed by atoms with Crippen molar-refractivity contribution < 1.29 is 18.4 Å². The summed E-state index contributed by atoms with van der Waals surface area (Å²) in [5, 5.41) is 2.85. The molecule has 5 nitrogen and oxygen atoms in total. The molecule has 0 heterocycles. The van der Waals surface area contributed by atoms with Gasteiger partial charge in [-0.2, -0.15) is 0 Å². The molecular weight excluding hydrogens is 297 g/mol. The van der Waals surface area contributed by atoms with E-state index in [0.29, 0.717) is 23.8 Å². The summed E-state index contributed by atoms with van der Waals surface area (Å²) in [6.45, 7) is 1.99. The SMILES string of the molecule is COP(=S)(OC)Oc1ccc(C(=O)NCC(C)C)cc1. The highest BCUT2D eigenvalue weighted by atomic mass is 32.5. The summed E-state index contributed by atoms with van der Waals surface area (Å²) in [5.41, 5.74) is 0.570. The number of amides is 1. The number of rotatable bonds is 7. The van der Waals surface area contributed by atoms with Crippen molar-refractivity contribution in [2.75, 3.05) is 20.8 Å². The number of nitrogens with one attached hydrogen (secondary N) is 1. The first-order valence-electron chi connectivity index (χ1n) is 6.19. The molecule has 7 heteroatoms. The van der Waals surface area contributed by atoms with Crippen LogP contribution in [0, 0.1) is 5.92 Å². The van der Waals surface area contributed by atoms with Crippen LogP contribution in [0.2, 0.25) is 0 Å². The number of hydrogen-bond donors (Lipinski definition) is 1. The Bertz CT molecular complexity index is 482. The van der Waals surface area contributed by atoms with E-state index in [1.165, 1.54) is 14.2 Å². The summed E-state index contributed by atoms with van der Waals surface area (Å²) >= 11 is 5.11. The molecule has 112 valence electrons. The second-order valence-electron chi connectivity index (χ2n) is 4.53. The van der Waals surface area contributed by atoms with Crippen LogP contribution in [-0.4, -0.2) is 26.7 Å². The van der Waals surface area contributed by atoms with E-state index >= 15 is 0 Å². The van der Waals surface area contributed by atoms with Crippen molar-refractivity contribution in [3.63, 3.8) is 0 Å². The molecule has 20 heavy (non-hydrogen) atoms. The molecule has 0 saturated carbocycles. The molecule has 0 aliphatic rings. The lowest BCUT2D eigenvalue weighted by molar-refractivity contribution is 0.0949. The molecule has 0 bridgehead atoms. The molecular formula is C13H20NO4PS. The largest absolute Gasteiger partial charge is 0.424 e. The Morgan fingerprint density at radius 3 is 2.25 bits per heavy atom. The molecule has 0 aliphatic carbocycles. The van der Waals surface area contributed by atoms with Crippen molar-refractivity contribution in [1.29, 1.82) is 0 Å². The Morgan fingerprint density at radius 2 is 1.80 bits per heavy atom. The van der Waals surface area contributed by atoms with Crippen molar-refractivity contribution in [3.8, 4) is 5.75 Å². The maximum Gasteiger partial charge on any atom is 0.380 e. The molecule has 0 aliphatic heterocycles. The molecule has 0 unspecified atom stereocenters. The van der Waals surface area contributed by atoms with Gasteiger partial charge in [0.05, 0.1) is 0 Å². The fraction of sp³-hybridized carbons (Fsp3) is 0.462. The average molecular weight is 317 g/mol. The molecule has 0 radical (unpaired) electrons. The van der Waals surface area contributed by atoms with Gasteiger partial charge in [-0.25, -0.2) is 0 Å². The molecule has 1 aromatic rings. The number of carbonyl (C=O) groups excluding carboxylic acids is 1. The Labute approximate surface area is 124 Å². The van der Waals surface area contributed by atoms with Crippen LogP contribution in [-0.2, 0) is 20.9 Å². The maximum atomic E-state index is 11.8. The monoisotopic (exact) mass is 317 g/mol. The van der Waals surface area contributed by atoms with Crippen LogP contribution in [0.15, 0.2) is 24.3 Å². The molecule has 0 aromatic heterocycles. The van der Waals surface area contributed by atoms with Gasteiger partial charge in [-0.15, -0.1) is 0 Å². The van der Waals surface area contributed by atoms with Gasteiger partial charge in [0.1, 0.15) is 5.75 Å². The third-order valence-electron chi connectivity index (χ3n) is 2.45. The zero-order chi connectivity index (χ0) is 15.2. The summed E-state index contributed by atoms with van der Waals surface area (Å²) < 4.78 is 15.6.